The van der Waals surface area contributed by atoms with Crippen LogP contribution in [0.2, 0.25) is 4.34 Å². The van der Waals surface area contributed by atoms with Gasteiger partial charge < -0.3 is 9.88 Å². The zero-order valence-corrected chi connectivity index (χ0v) is 16.0. The summed E-state index contributed by atoms with van der Waals surface area (Å²) in [6.45, 7) is 4.08. The predicted molar refractivity (Wildman–Crippen MR) is 101 cm³/mol. The fourth-order valence-electron chi connectivity index (χ4n) is 2.96. The van der Waals surface area contributed by atoms with Crippen molar-refractivity contribution in [2.45, 2.75) is 11.1 Å². The number of hydrogen-bond acceptors (Lipinski definition) is 5. The van der Waals surface area contributed by atoms with Gasteiger partial charge in [-0.3, -0.25) is 0 Å². The van der Waals surface area contributed by atoms with Crippen molar-refractivity contribution in [3.8, 4) is 0 Å². The number of aromatic amines is 1. The van der Waals surface area contributed by atoms with Crippen molar-refractivity contribution in [2.24, 2.45) is 0 Å². The van der Waals surface area contributed by atoms with Crippen molar-refractivity contribution in [3.05, 3.63) is 40.2 Å². The lowest BCUT2D eigenvalue weighted by molar-refractivity contribution is 0.384. The van der Waals surface area contributed by atoms with E-state index in [0.717, 1.165) is 28.3 Å². The van der Waals surface area contributed by atoms with Crippen LogP contribution in [-0.4, -0.2) is 48.9 Å². The molecule has 25 heavy (non-hydrogen) atoms. The maximum absolute atomic E-state index is 12.7. The third-order valence-corrected chi connectivity index (χ3v) is 7.90. The third kappa shape index (κ3) is 3.15. The molecule has 9 heteroatoms. The van der Waals surface area contributed by atoms with Gasteiger partial charge in [0.25, 0.3) is 10.0 Å². The first-order chi connectivity index (χ1) is 11.9. The number of halogens is 1. The normalized spacial score (nSPS) is 16.6. The molecule has 2 aromatic heterocycles. The predicted octanol–water partition coefficient (Wildman–Crippen LogP) is 3.10. The molecular weight excluding hydrogens is 380 g/mol. The third-order valence-electron chi connectivity index (χ3n) is 4.31. The van der Waals surface area contributed by atoms with Gasteiger partial charge >= 0.3 is 0 Å². The van der Waals surface area contributed by atoms with Gasteiger partial charge in [0.05, 0.1) is 15.4 Å². The first kappa shape index (κ1) is 16.8. The Labute approximate surface area is 155 Å². The van der Waals surface area contributed by atoms with Gasteiger partial charge in [0.1, 0.15) is 4.21 Å². The summed E-state index contributed by atoms with van der Waals surface area (Å²) in [5.74, 6) is 0.789. The van der Waals surface area contributed by atoms with Crippen LogP contribution in [0.25, 0.3) is 11.0 Å². The lowest BCUT2D eigenvalue weighted by atomic mass is 10.2. The van der Waals surface area contributed by atoms with Crippen LogP contribution in [0.4, 0.5) is 5.95 Å². The number of H-pyrrole nitrogens is 1. The maximum Gasteiger partial charge on any atom is 0.252 e. The summed E-state index contributed by atoms with van der Waals surface area (Å²) in [6.07, 6.45) is 0. The highest BCUT2D eigenvalue weighted by Crippen LogP contribution is 2.29. The number of sulfonamides is 1. The summed E-state index contributed by atoms with van der Waals surface area (Å²) in [7, 11) is -3.47. The second-order valence-electron chi connectivity index (χ2n) is 6.03. The number of piperazine rings is 1. The topological polar surface area (TPSA) is 69.3 Å². The molecule has 0 bridgehead atoms. The Bertz CT molecular complexity index is 1020. The van der Waals surface area contributed by atoms with Crippen LogP contribution in [0.15, 0.2) is 34.5 Å². The fraction of sp³-hybridized carbons (Fsp3) is 0.312. The number of rotatable bonds is 3. The van der Waals surface area contributed by atoms with Crippen molar-refractivity contribution in [1.82, 2.24) is 14.3 Å². The Hall–Kier alpha value is -1.61. The lowest BCUT2D eigenvalue weighted by Crippen LogP contribution is -2.48. The van der Waals surface area contributed by atoms with Gasteiger partial charge in [0, 0.05) is 26.2 Å². The largest absolute Gasteiger partial charge is 0.340 e. The molecule has 3 heterocycles. The molecule has 1 fully saturated rings. The summed E-state index contributed by atoms with van der Waals surface area (Å²) >= 11 is 6.97. The standard InChI is InChI=1S/C16H17ClN4O2S2/c1-11-2-3-12-13(10-11)19-16(18-12)20-6-8-21(9-7-20)25(22,23)15-5-4-14(17)24-15/h2-5,10H,6-9H2,1H3,(H,18,19). The molecule has 4 rings (SSSR count). The highest BCUT2D eigenvalue weighted by atomic mass is 35.5. The molecule has 0 amide bonds. The first-order valence-electron chi connectivity index (χ1n) is 7.90. The molecule has 1 aromatic carbocycles. The highest BCUT2D eigenvalue weighted by Gasteiger charge is 2.30. The fourth-order valence-corrected chi connectivity index (χ4v) is 6.02. The van der Waals surface area contributed by atoms with E-state index in [-0.39, 0.29) is 0 Å². The van der Waals surface area contributed by atoms with Crippen molar-refractivity contribution >= 4 is 49.9 Å². The number of aryl methyl sites for hydroxylation is 1. The number of thiophene rings is 1. The summed E-state index contributed by atoms with van der Waals surface area (Å²) in [4.78, 5) is 10.0. The molecule has 0 unspecified atom stereocenters. The molecule has 0 atom stereocenters. The van der Waals surface area contributed by atoms with E-state index in [1.807, 2.05) is 19.1 Å². The molecular formula is C16H17ClN4O2S2. The number of nitrogens with one attached hydrogen (secondary N) is 1. The van der Waals surface area contributed by atoms with E-state index < -0.39 is 10.0 Å². The van der Waals surface area contributed by atoms with E-state index in [4.69, 9.17) is 11.6 Å². The molecule has 0 spiro atoms. The van der Waals surface area contributed by atoms with Gasteiger partial charge in [-0.25, -0.2) is 13.4 Å². The van der Waals surface area contributed by atoms with Crippen LogP contribution in [0.5, 0.6) is 0 Å². The molecule has 1 aliphatic heterocycles. The van der Waals surface area contributed by atoms with Gasteiger partial charge in [0.15, 0.2) is 0 Å². The maximum atomic E-state index is 12.7. The smallest absolute Gasteiger partial charge is 0.252 e. The molecule has 3 aromatic rings. The Morgan fingerprint density at radius 3 is 2.60 bits per heavy atom. The lowest BCUT2D eigenvalue weighted by Gasteiger charge is -2.33. The van der Waals surface area contributed by atoms with Crippen molar-refractivity contribution < 1.29 is 8.42 Å². The number of fused-ring (bicyclic) bond motifs is 1. The number of hydrogen-bond donors (Lipinski definition) is 1. The van der Waals surface area contributed by atoms with Gasteiger partial charge in [-0.2, -0.15) is 4.31 Å². The van der Waals surface area contributed by atoms with E-state index in [1.165, 1.54) is 9.87 Å². The minimum absolute atomic E-state index is 0.296. The molecule has 1 aliphatic rings. The monoisotopic (exact) mass is 396 g/mol. The Morgan fingerprint density at radius 2 is 1.92 bits per heavy atom. The summed E-state index contributed by atoms with van der Waals surface area (Å²) in [5.41, 5.74) is 3.09. The van der Waals surface area contributed by atoms with E-state index in [1.54, 1.807) is 12.1 Å². The second kappa shape index (κ2) is 6.28. The van der Waals surface area contributed by atoms with Crippen LogP contribution in [0.1, 0.15) is 5.56 Å². The van der Waals surface area contributed by atoms with E-state index in [2.05, 4.69) is 20.9 Å². The quantitative estimate of drug-likeness (QED) is 0.738. The number of benzene rings is 1. The number of aromatic nitrogens is 2. The van der Waals surface area contributed by atoms with Gasteiger partial charge in [0.2, 0.25) is 5.95 Å². The second-order valence-corrected chi connectivity index (χ2v) is 9.91. The SMILES string of the molecule is Cc1ccc2nc(N3CCN(S(=O)(=O)c4ccc(Cl)s4)CC3)[nH]c2c1. The highest BCUT2D eigenvalue weighted by molar-refractivity contribution is 7.91. The molecule has 6 nitrogen and oxygen atoms in total. The van der Waals surface area contributed by atoms with Crippen LogP contribution < -0.4 is 4.90 Å². The Morgan fingerprint density at radius 1 is 1.16 bits per heavy atom. The zero-order valence-electron chi connectivity index (χ0n) is 13.6. The summed E-state index contributed by atoms with van der Waals surface area (Å²) < 4.78 is 27.6. The van der Waals surface area contributed by atoms with Crippen LogP contribution in [0.3, 0.4) is 0 Å². The van der Waals surface area contributed by atoms with Gasteiger partial charge in [-0.05, 0) is 36.8 Å². The number of nitrogens with zero attached hydrogens (tertiary/aromatic N) is 3. The van der Waals surface area contributed by atoms with Gasteiger partial charge in [-0.1, -0.05) is 17.7 Å². The number of anilines is 1. The Balaban J connectivity index is 1.50. The molecule has 0 saturated carbocycles. The van der Waals surface area contributed by atoms with Crippen LogP contribution in [-0.2, 0) is 10.0 Å². The molecule has 132 valence electrons. The first-order valence-corrected chi connectivity index (χ1v) is 10.5. The zero-order chi connectivity index (χ0) is 17.6. The van der Waals surface area contributed by atoms with E-state index >= 15 is 0 Å². The minimum Gasteiger partial charge on any atom is -0.340 e. The molecule has 1 saturated heterocycles. The van der Waals surface area contributed by atoms with Crippen molar-refractivity contribution in [3.63, 3.8) is 0 Å². The van der Waals surface area contributed by atoms with Crippen LogP contribution in [0, 0.1) is 6.92 Å². The summed E-state index contributed by atoms with van der Waals surface area (Å²) in [5, 5.41) is 0. The molecule has 0 radical (unpaired) electrons. The average molecular weight is 397 g/mol. The summed E-state index contributed by atoms with van der Waals surface area (Å²) in [6, 6.07) is 9.27. The minimum atomic E-state index is -3.47. The van der Waals surface area contributed by atoms with Gasteiger partial charge in [-0.15, -0.1) is 11.3 Å². The van der Waals surface area contributed by atoms with Crippen molar-refractivity contribution in [1.29, 1.82) is 0 Å². The van der Waals surface area contributed by atoms with E-state index in [0.29, 0.717) is 34.7 Å². The van der Waals surface area contributed by atoms with E-state index in [9.17, 15) is 8.42 Å². The Kier molecular flexibility index (Phi) is 4.23. The van der Waals surface area contributed by atoms with Crippen molar-refractivity contribution in [2.75, 3.05) is 31.1 Å². The molecule has 1 N–H and O–H groups in total. The molecule has 0 aliphatic carbocycles. The number of imidazole rings is 1. The van der Waals surface area contributed by atoms with Crippen LogP contribution >= 0.6 is 22.9 Å². The average Bonchev–Trinajstić information content (AvgIpc) is 3.21.